The Morgan fingerprint density at radius 3 is 2.71 bits per heavy atom. The van der Waals surface area contributed by atoms with Crippen LogP contribution in [0.1, 0.15) is 10.7 Å². The summed E-state index contributed by atoms with van der Waals surface area (Å²) < 4.78 is 36.8. The van der Waals surface area contributed by atoms with E-state index in [-0.39, 0.29) is 11.6 Å². The quantitative estimate of drug-likeness (QED) is 0.644. The number of aromatic nitrogens is 2. The molecule has 0 amide bonds. The molecular formula is C9H9F3N4S. The summed E-state index contributed by atoms with van der Waals surface area (Å²) in [6.07, 6.45) is -5.49. The Hall–Kier alpha value is -1.41. The van der Waals surface area contributed by atoms with E-state index in [0.717, 1.165) is 4.88 Å². The zero-order valence-electron chi connectivity index (χ0n) is 8.80. The second kappa shape index (κ2) is 4.11. The molecule has 3 N–H and O–H groups in total. The van der Waals surface area contributed by atoms with Crippen LogP contribution in [0, 0.1) is 6.92 Å². The molecule has 0 spiro atoms. The Labute approximate surface area is 98.6 Å². The molecule has 17 heavy (non-hydrogen) atoms. The van der Waals surface area contributed by atoms with Crippen molar-refractivity contribution in [2.24, 2.45) is 5.84 Å². The van der Waals surface area contributed by atoms with E-state index in [1.807, 2.05) is 6.92 Å². The average Bonchev–Trinajstić information content (AvgIpc) is 2.54. The number of hydrogen-bond donors (Lipinski definition) is 2. The molecule has 0 radical (unpaired) electrons. The van der Waals surface area contributed by atoms with Gasteiger partial charge in [0.1, 0.15) is 17.1 Å². The number of hydrazine groups is 1. The number of anilines is 1. The number of nitrogen functional groups attached to an aromatic ring is 1. The van der Waals surface area contributed by atoms with Gasteiger partial charge in [0.2, 0.25) is 0 Å². The maximum Gasteiger partial charge on any atom is 0.396 e. The fourth-order valence-corrected chi connectivity index (χ4v) is 2.35. The zero-order valence-corrected chi connectivity index (χ0v) is 9.61. The molecule has 4 nitrogen and oxygen atoms in total. The number of nitrogens with zero attached hydrogens (tertiary/aromatic N) is 2. The Balaban J connectivity index is 2.52. The van der Waals surface area contributed by atoms with Crippen molar-refractivity contribution in [1.29, 1.82) is 0 Å². The number of rotatable bonds is 2. The van der Waals surface area contributed by atoms with Gasteiger partial charge in [-0.25, -0.2) is 15.8 Å². The van der Waals surface area contributed by atoms with Crippen LogP contribution in [0.15, 0.2) is 6.07 Å². The van der Waals surface area contributed by atoms with Gasteiger partial charge in [-0.2, -0.15) is 13.2 Å². The van der Waals surface area contributed by atoms with Gasteiger partial charge in [0.25, 0.3) is 0 Å². The van der Waals surface area contributed by atoms with Gasteiger partial charge in [0, 0.05) is 4.88 Å². The van der Waals surface area contributed by atoms with E-state index in [9.17, 15) is 13.2 Å². The largest absolute Gasteiger partial charge is 0.396 e. The van der Waals surface area contributed by atoms with Crippen molar-refractivity contribution in [2.45, 2.75) is 19.5 Å². The van der Waals surface area contributed by atoms with E-state index in [2.05, 4.69) is 15.4 Å². The van der Waals surface area contributed by atoms with Gasteiger partial charge < -0.3 is 5.43 Å². The average molecular weight is 262 g/mol. The molecule has 8 heteroatoms. The van der Waals surface area contributed by atoms with Crippen molar-refractivity contribution in [3.05, 3.63) is 16.8 Å². The Bertz CT molecular complexity index is 549. The van der Waals surface area contributed by atoms with E-state index in [1.165, 1.54) is 11.3 Å². The molecule has 2 aromatic heterocycles. The van der Waals surface area contributed by atoms with Gasteiger partial charge in [-0.3, -0.25) is 0 Å². The van der Waals surface area contributed by atoms with E-state index < -0.39 is 12.6 Å². The summed E-state index contributed by atoms with van der Waals surface area (Å²) in [6, 6.07) is 1.78. The predicted octanol–water partition coefficient (Wildman–Crippen LogP) is 2.39. The van der Waals surface area contributed by atoms with Crippen molar-refractivity contribution in [3.8, 4) is 0 Å². The topological polar surface area (TPSA) is 63.8 Å². The van der Waals surface area contributed by atoms with Crippen LogP contribution in [0.5, 0.6) is 0 Å². The molecule has 2 rings (SSSR count). The molecule has 0 aliphatic heterocycles. The molecule has 0 bridgehead atoms. The van der Waals surface area contributed by atoms with Crippen LogP contribution in [0.25, 0.3) is 10.2 Å². The third kappa shape index (κ3) is 2.64. The number of fused-ring (bicyclic) bond motifs is 1. The van der Waals surface area contributed by atoms with Crippen molar-refractivity contribution in [2.75, 3.05) is 5.43 Å². The second-order valence-corrected chi connectivity index (χ2v) is 4.74. The molecule has 2 aromatic rings. The third-order valence-electron chi connectivity index (χ3n) is 2.06. The number of hydrogen-bond acceptors (Lipinski definition) is 5. The molecule has 0 fully saturated rings. The minimum atomic E-state index is -4.33. The van der Waals surface area contributed by atoms with Crippen LogP contribution >= 0.6 is 11.3 Å². The van der Waals surface area contributed by atoms with E-state index >= 15 is 0 Å². The summed E-state index contributed by atoms with van der Waals surface area (Å²) in [5.74, 6) is 5.18. The van der Waals surface area contributed by atoms with Crippen molar-refractivity contribution in [1.82, 2.24) is 9.97 Å². The summed E-state index contributed by atoms with van der Waals surface area (Å²) in [5, 5.41) is 0.640. The van der Waals surface area contributed by atoms with E-state index in [1.54, 1.807) is 6.07 Å². The first-order valence-electron chi connectivity index (χ1n) is 4.69. The highest BCUT2D eigenvalue weighted by Crippen LogP contribution is 2.29. The molecule has 92 valence electrons. The molecule has 0 aromatic carbocycles. The fourth-order valence-electron chi connectivity index (χ4n) is 1.45. The molecule has 0 saturated heterocycles. The normalized spacial score (nSPS) is 12.1. The van der Waals surface area contributed by atoms with Gasteiger partial charge in [-0.15, -0.1) is 11.3 Å². The highest BCUT2D eigenvalue weighted by atomic mass is 32.1. The minimum absolute atomic E-state index is 0.221. The first kappa shape index (κ1) is 12.1. The first-order chi connectivity index (χ1) is 7.89. The number of alkyl halides is 3. The van der Waals surface area contributed by atoms with Crippen LogP contribution < -0.4 is 11.3 Å². The predicted molar refractivity (Wildman–Crippen MR) is 59.7 cm³/mol. The Morgan fingerprint density at radius 1 is 1.41 bits per heavy atom. The lowest BCUT2D eigenvalue weighted by Gasteiger charge is -2.07. The number of nitrogens with two attached hydrogens (primary N) is 1. The summed E-state index contributed by atoms with van der Waals surface area (Å²) >= 11 is 1.31. The number of halogens is 3. The molecule has 0 unspecified atom stereocenters. The highest BCUT2D eigenvalue weighted by molar-refractivity contribution is 7.18. The standard InChI is InChI=1S/C9H9F3N4S/c1-4-2-5-7(16-13)14-6(3-9(10,11)12)15-8(5)17-4/h2H,3,13H2,1H3,(H,14,15,16). The van der Waals surface area contributed by atoms with E-state index in [4.69, 9.17) is 5.84 Å². The molecule has 2 heterocycles. The van der Waals surface area contributed by atoms with Crippen molar-refractivity contribution in [3.63, 3.8) is 0 Å². The lowest BCUT2D eigenvalue weighted by molar-refractivity contribution is -0.128. The van der Waals surface area contributed by atoms with Crippen LogP contribution in [0.3, 0.4) is 0 Å². The van der Waals surface area contributed by atoms with Crippen LogP contribution in [0.4, 0.5) is 19.0 Å². The molecular weight excluding hydrogens is 253 g/mol. The second-order valence-electron chi connectivity index (χ2n) is 3.50. The maximum atomic E-state index is 12.3. The Kier molecular flexibility index (Phi) is 2.92. The highest BCUT2D eigenvalue weighted by Gasteiger charge is 2.30. The van der Waals surface area contributed by atoms with Crippen LogP contribution in [-0.4, -0.2) is 16.1 Å². The number of thiophene rings is 1. The molecule has 0 saturated carbocycles. The SMILES string of the molecule is Cc1cc2c(NN)nc(CC(F)(F)F)nc2s1. The van der Waals surface area contributed by atoms with Gasteiger partial charge in [0.05, 0.1) is 5.39 Å². The monoisotopic (exact) mass is 262 g/mol. The number of aryl methyl sites for hydroxylation is 1. The van der Waals surface area contributed by atoms with Gasteiger partial charge in [-0.1, -0.05) is 0 Å². The van der Waals surface area contributed by atoms with Gasteiger partial charge >= 0.3 is 6.18 Å². The molecule has 0 atom stereocenters. The summed E-state index contributed by atoms with van der Waals surface area (Å²) in [5.41, 5.74) is 2.30. The number of nitrogens with one attached hydrogen (secondary N) is 1. The summed E-state index contributed by atoms with van der Waals surface area (Å²) in [4.78, 5) is 9.08. The molecule has 0 aliphatic carbocycles. The lowest BCUT2D eigenvalue weighted by Crippen LogP contribution is -2.16. The van der Waals surface area contributed by atoms with Gasteiger partial charge in [0.15, 0.2) is 5.82 Å². The fraction of sp³-hybridized carbons (Fsp3) is 0.333. The molecule has 0 aliphatic rings. The van der Waals surface area contributed by atoms with Crippen molar-refractivity contribution >= 4 is 27.4 Å². The summed E-state index contributed by atoms with van der Waals surface area (Å²) in [7, 11) is 0. The van der Waals surface area contributed by atoms with Crippen LogP contribution in [0.2, 0.25) is 0 Å². The lowest BCUT2D eigenvalue weighted by atomic mass is 10.3. The summed E-state index contributed by atoms with van der Waals surface area (Å²) in [6.45, 7) is 1.84. The third-order valence-corrected chi connectivity index (χ3v) is 3.00. The minimum Gasteiger partial charge on any atom is -0.308 e. The zero-order chi connectivity index (χ0) is 12.6. The van der Waals surface area contributed by atoms with E-state index in [0.29, 0.717) is 10.2 Å². The smallest absolute Gasteiger partial charge is 0.308 e. The van der Waals surface area contributed by atoms with Crippen LogP contribution in [-0.2, 0) is 6.42 Å². The Morgan fingerprint density at radius 2 is 2.12 bits per heavy atom. The first-order valence-corrected chi connectivity index (χ1v) is 5.51. The van der Waals surface area contributed by atoms with Crippen molar-refractivity contribution < 1.29 is 13.2 Å². The maximum absolute atomic E-state index is 12.3. The van der Waals surface area contributed by atoms with Gasteiger partial charge in [-0.05, 0) is 13.0 Å².